The summed E-state index contributed by atoms with van der Waals surface area (Å²) in [7, 11) is 0. The molecule has 4 heterocycles. The molecule has 0 unspecified atom stereocenters. The van der Waals surface area contributed by atoms with Crippen LogP contribution < -0.4 is 10.6 Å². The summed E-state index contributed by atoms with van der Waals surface area (Å²) in [6.45, 7) is 8.06. The van der Waals surface area contributed by atoms with Gasteiger partial charge in [-0.15, -0.1) is 0 Å². The maximum atomic E-state index is 13.2. The van der Waals surface area contributed by atoms with Crippen LogP contribution in [0.15, 0.2) is 79.4 Å². The molecule has 0 aliphatic carbocycles. The van der Waals surface area contributed by atoms with Crippen molar-refractivity contribution in [1.82, 2.24) is 29.9 Å². The van der Waals surface area contributed by atoms with Crippen LogP contribution in [0.2, 0.25) is 5.02 Å². The quantitative estimate of drug-likeness (QED) is 0.153. The lowest BCUT2D eigenvalue weighted by Gasteiger charge is -2.07. The SMILES string of the molecule is Cc1c[nH]c(C)c1-c1ccnc(Nc2ccc(Cl)cc2)n1.Cc1c[nH]c(C)c1-c1ccnc(Nc2ccc(F)c(F)c2)n1. The van der Waals surface area contributed by atoms with Gasteiger partial charge in [0.15, 0.2) is 11.6 Å². The molecular formula is C32H29ClF2N8. The molecule has 6 rings (SSSR count). The zero-order valence-electron chi connectivity index (χ0n) is 23.9. The number of anilines is 4. The van der Waals surface area contributed by atoms with E-state index in [9.17, 15) is 8.78 Å². The van der Waals surface area contributed by atoms with Gasteiger partial charge in [-0.3, -0.25) is 0 Å². The molecule has 0 atom stereocenters. The van der Waals surface area contributed by atoms with Crippen molar-refractivity contribution < 1.29 is 8.78 Å². The molecule has 2 aromatic carbocycles. The van der Waals surface area contributed by atoms with Crippen LogP contribution in [0.4, 0.5) is 32.1 Å². The van der Waals surface area contributed by atoms with Gasteiger partial charge in [0.2, 0.25) is 11.9 Å². The van der Waals surface area contributed by atoms with Crippen LogP contribution in [0.25, 0.3) is 22.5 Å². The van der Waals surface area contributed by atoms with Gasteiger partial charge in [0.05, 0.1) is 11.4 Å². The minimum Gasteiger partial charge on any atom is -0.364 e. The number of rotatable bonds is 6. The van der Waals surface area contributed by atoms with Crippen molar-refractivity contribution in [1.29, 1.82) is 0 Å². The molecule has 0 spiro atoms. The predicted octanol–water partition coefficient (Wildman–Crippen LogP) is 8.60. The van der Waals surface area contributed by atoms with Crippen LogP contribution in [0.3, 0.4) is 0 Å². The van der Waals surface area contributed by atoms with Gasteiger partial charge in [0, 0.05) is 69.8 Å². The lowest BCUT2D eigenvalue weighted by molar-refractivity contribution is 0.509. The number of aryl methyl sites for hydroxylation is 4. The highest BCUT2D eigenvalue weighted by molar-refractivity contribution is 6.30. The fourth-order valence-corrected chi connectivity index (χ4v) is 4.71. The Kier molecular flexibility index (Phi) is 8.77. The van der Waals surface area contributed by atoms with Gasteiger partial charge in [-0.2, -0.15) is 0 Å². The van der Waals surface area contributed by atoms with E-state index in [0.717, 1.165) is 57.3 Å². The minimum absolute atomic E-state index is 0.323. The molecule has 0 aliphatic heterocycles. The standard InChI is InChI=1S/C16H15ClN4.C16H14F2N4/c1-10-9-19-11(2)15(10)14-7-8-18-16(21-14)20-13-5-3-12(17)4-6-13;1-9-8-20-10(2)15(9)14-5-6-19-16(22-14)21-11-3-4-12(17)13(18)7-11/h3-9,19H,1-2H3,(H,18,20,21);3-8,20H,1-2H3,(H,19,21,22). The van der Waals surface area contributed by atoms with Crippen LogP contribution >= 0.6 is 11.6 Å². The van der Waals surface area contributed by atoms with Gasteiger partial charge in [-0.05, 0) is 87.4 Å². The third kappa shape index (κ3) is 7.04. The molecule has 0 saturated carbocycles. The molecule has 6 aromatic rings. The molecule has 0 amide bonds. The van der Waals surface area contributed by atoms with E-state index >= 15 is 0 Å². The van der Waals surface area contributed by atoms with Crippen molar-refractivity contribution in [2.75, 3.05) is 10.6 Å². The third-order valence-corrected chi connectivity index (χ3v) is 6.90. The minimum atomic E-state index is -0.918. The van der Waals surface area contributed by atoms with E-state index in [1.54, 1.807) is 18.5 Å². The first kappa shape index (κ1) is 29.4. The molecule has 0 radical (unpaired) electrons. The Morgan fingerprint density at radius 2 is 1.12 bits per heavy atom. The van der Waals surface area contributed by atoms with Crippen molar-refractivity contribution in [2.45, 2.75) is 27.7 Å². The molecule has 0 fully saturated rings. The Hall–Kier alpha value is -5.09. The zero-order valence-corrected chi connectivity index (χ0v) is 24.7. The highest BCUT2D eigenvalue weighted by Crippen LogP contribution is 2.27. The Bertz CT molecular complexity index is 1830. The number of H-pyrrole nitrogens is 2. The van der Waals surface area contributed by atoms with E-state index in [0.29, 0.717) is 22.6 Å². The summed E-state index contributed by atoms with van der Waals surface area (Å²) in [5.74, 6) is -0.921. The van der Waals surface area contributed by atoms with E-state index in [1.807, 2.05) is 63.5 Å². The Morgan fingerprint density at radius 1 is 0.628 bits per heavy atom. The summed E-state index contributed by atoms with van der Waals surface area (Å²) in [5, 5.41) is 6.76. The second-order valence-electron chi connectivity index (χ2n) is 9.86. The molecule has 11 heteroatoms. The number of nitrogens with one attached hydrogen (secondary N) is 4. The Morgan fingerprint density at radius 3 is 1.58 bits per heavy atom. The van der Waals surface area contributed by atoms with Crippen molar-refractivity contribution in [2.24, 2.45) is 0 Å². The molecule has 0 bridgehead atoms. The molecule has 0 aliphatic rings. The lowest BCUT2D eigenvalue weighted by atomic mass is 10.1. The number of nitrogens with zero attached hydrogens (tertiary/aromatic N) is 4. The van der Waals surface area contributed by atoms with E-state index in [-0.39, 0.29) is 0 Å². The number of halogens is 3. The Balaban J connectivity index is 0.000000171. The summed E-state index contributed by atoms with van der Waals surface area (Å²) in [4.78, 5) is 23.7. The van der Waals surface area contributed by atoms with Crippen molar-refractivity contribution in [3.63, 3.8) is 0 Å². The molecule has 4 aromatic heterocycles. The second kappa shape index (κ2) is 12.8. The highest BCUT2D eigenvalue weighted by atomic mass is 35.5. The van der Waals surface area contributed by atoms with Crippen molar-refractivity contribution in [3.05, 3.63) is 119 Å². The lowest BCUT2D eigenvalue weighted by Crippen LogP contribution is -1.99. The fraction of sp³-hybridized carbons (Fsp3) is 0.125. The van der Waals surface area contributed by atoms with Gasteiger partial charge in [-0.25, -0.2) is 28.7 Å². The van der Waals surface area contributed by atoms with Gasteiger partial charge in [0.1, 0.15) is 0 Å². The van der Waals surface area contributed by atoms with Gasteiger partial charge in [-0.1, -0.05) is 11.6 Å². The van der Waals surface area contributed by atoms with Gasteiger partial charge in [0.25, 0.3) is 0 Å². The van der Waals surface area contributed by atoms with Crippen LogP contribution in [-0.4, -0.2) is 29.9 Å². The van der Waals surface area contributed by atoms with E-state index in [1.165, 1.54) is 11.6 Å². The average Bonchev–Trinajstić information content (AvgIpc) is 3.51. The predicted molar refractivity (Wildman–Crippen MR) is 167 cm³/mol. The molecule has 4 N–H and O–H groups in total. The van der Waals surface area contributed by atoms with Crippen LogP contribution in [0, 0.1) is 39.3 Å². The largest absolute Gasteiger partial charge is 0.364 e. The average molecular weight is 599 g/mol. The summed E-state index contributed by atoms with van der Waals surface area (Å²) < 4.78 is 26.2. The smallest absolute Gasteiger partial charge is 0.227 e. The van der Waals surface area contributed by atoms with Crippen molar-refractivity contribution in [3.8, 4) is 22.5 Å². The number of benzene rings is 2. The number of aromatic amines is 2. The topological polar surface area (TPSA) is 107 Å². The normalized spacial score (nSPS) is 10.7. The fourth-order valence-electron chi connectivity index (χ4n) is 4.58. The molecular weight excluding hydrogens is 570 g/mol. The van der Waals surface area contributed by atoms with Crippen molar-refractivity contribution >= 4 is 34.9 Å². The van der Waals surface area contributed by atoms with Crippen LogP contribution in [0.5, 0.6) is 0 Å². The highest BCUT2D eigenvalue weighted by Gasteiger charge is 2.12. The van der Waals surface area contributed by atoms with Crippen LogP contribution in [-0.2, 0) is 0 Å². The monoisotopic (exact) mass is 598 g/mol. The molecule has 43 heavy (non-hydrogen) atoms. The van der Waals surface area contributed by atoms with E-state index < -0.39 is 11.6 Å². The second-order valence-corrected chi connectivity index (χ2v) is 10.3. The summed E-state index contributed by atoms with van der Waals surface area (Å²) >= 11 is 5.88. The molecule has 8 nitrogen and oxygen atoms in total. The number of hydrogen-bond acceptors (Lipinski definition) is 6. The maximum Gasteiger partial charge on any atom is 0.227 e. The first-order valence-corrected chi connectivity index (χ1v) is 13.8. The zero-order chi connectivity index (χ0) is 30.5. The first-order chi connectivity index (χ1) is 20.7. The molecule has 218 valence electrons. The Labute approximate surface area is 252 Å². The van der Waals surface area contributed by atoms with Crippen LogP contribution in [0.1, 0.15) is 22.5 Å². The number of hydrogen-bond donors (Lipinski definition) is 4. The van der Waals surface area contributed by atoms with Gasteiger partial charge >= 0.3 is 0 Å². The maximum absolute atomic E-state index is 13.2. The van der Waals surface area contributed by atoms with Gasteiger partial charge < -0.3 is 20.6 Å². The number of aromatic nitrogens is 6. The molecule has 0 saturated heterocycles. The summed E-state index contributed by atoms with van der Waals surface area (Å²) in [6, 6.07) is 14.7. The van der Waals surface area contributed by atoms with E-state index in [4.69, 9.17) is 11.6 Å². The summed E-state index contributed by atoms with van der Waals surface area (Å²) in [5.41, 5.74) is 9.44. The first-order valence-electron chi connectivity index (χ1n) is 13.4. The van der Waals surface area contributed by atoms with E-state index in [2.05, 4.69) is 47.5 Å². The third-order valence-electron chi connectivity index (χ3n) is 6.65. The summed E-state index contributed by atoms with van der Waals surface area (Å²) in [6.07, 6.45) is 7.27.